The number of hydrogen-bond donors (Lipinski definition) is 2. The number of benzene rings is 1. The maximum absolute atomic E-state index is 7.62. The van der Waals surface area contributed by atoms with Crippen LogP contribution in [0.1, 0.15) is 13.8 Å². The van der Waals surface area contributed by atoms with Crippen molar-refractivity contribution in [3.8, 4) is 5.75 Å². The van der Waals surface area contributed by atoms with Crippen molar-refractivity contribution in [3.63, 3.8) is 0 Å². The second-order valence-corrected chi connectivity index (χ2v) is 3.47. The van der Waals surface area contributed by atoms with Crippen molar-refractivity contribution in [2.45, 2.75) is 13.8 Å². The highest BCUT2D eigenvalue weighted by atomic mass is 16.5. The zero-order valence-corrected chi connectivity index (χ0v) is 9.39. The van der Waals surface area contributed by atoms with E-state index in [4.69, 9.17) is 14.9 Å². The molecule has 0 heterocycles. The smallest absolute Gasteiger partial charge is 0.119 e. The van der Waals surface area contributed by atoms with Crippen LogP contribution in [0.15, 0.2) is 30.3 Å². The standard InChI is InChI=1S/C10H14O.C2H6O2/c1-9(2)8-11-10-6-4-3-5-7-10;3-1-2-4/h3-7,9H,8H2,1-2H3;3-4H,1-2H2. The Kier molecular flexibility index (Phi) is 8.82. The number of hydrogen-bond acceptors (Lipinski definition) is 3. The van der Waals surface area contributed by atoms with E-state index in [-0.39, 0.29) is 13.2 Å². The second kappa shape index (κ2) is 9.49. The van der Waals surface area contributed by atoms with E-state index in [1.54, 1.807) is 0 Å². The van der Waals surface area contributed by atoms with Crippen LogP contribution in [0, 0.1) is 5.92 Å². The molecular formula is C12H20O3. The van der Waals surface area contributed by atoms with Gasteiger partial charge in [0.25, 0.3) is 0 Å². The molecule has 0 radical (unpaired) electrons. The van der Waals surface area contributed by atoms with Crippen LogP contribution in [0.2, 0.25) is 0 Å². The summed E-state index contributed by atoms with van der Waals surface area (Å²) < 4.78 is 5.47. The summed E-state index contributed by atoms with van der Waals surface area (Å²) in [5.41, 5.74) is 0. The van der Waals surface area contributed by atoms with Crippen LogP contribution in [0.3, 0.4) is 0 Å². The van der Waals surface area contributed by atoms with Crippen LogP contribution in [-0.2, 0) is 0 Å². The fraction of sp³-hybridized carbons (Fsp3) is 0.500. The molecule has 0 fully saturated rings. The maximum Gasteiger partial charge on any atom is 0.119 e. The molecule has 0 saturated carbocycles. The number of aliphatic hydroxyl groups excluding tert-OH is 2. The molecule has 3 nitrogen and oxygen atoms in total. The highest BCUT2D eigenvalue weighted by Gasteiger charge is 1.94. The van der Waals surface area contributed by atoms with E-state index in [1.165, 1.54) is 0 Å². The van der Waals surface area contributed by atoms with Gasteiger partial charge >= 0.3 is 0 Å². The molecule has 0 amide bonds. The van der Waals surface area contributed by atoms with E-state index >= 15 is 0 Å². The quantitative estimate of drug-likeness (QED) is 0.798. The van der Waals surface area contributed by atoms with E-state index in [0.29, 0.717) is 5.92 Å². The molecule has 1 aromatic carbocycles. The van der Waals surface area contributed by atoms with Crippen LogP contribution >= 0.6 is 0 Å². The highest BCUT2D eigenvalue weighted by molar-refractivity contribution is 5.20. The van der Waals surface area contributed by atoms with Gasteiger partial charge in [0.15, 0.2) is 0 Å². The van der Waals surface area contributed by atoms with Crippen LogP contribution in [0.5, 0.6) is 5.75 Å². The number of para-hydroxylation sites is 1. The van der Waals surface area contributed by atoms with Crippen LogP contribution in [0.25, 0.3) is 0 Å². The zero-order valence-electron chi connectivity index (χ0n) is 9.39. The molecule has 15 heavy (non-hydrogen) atoms. The Labute approximate surface area is 91.3 Å². The Morgan fingerprint density at radius 3 is 2.00 bits per heavy atom. The average molecular weight is 212 g/mol. The lowest BCUT2D eigenvalue weighted by Crippen LogP contribution is -2.03. The minimum Gasteiger partial charge on any atom is -0.493 e. The van der Waals surface area contributed by atoms with E-state index < -0.39 is 0 Å². The van der Waals surface area contributed by atoms with Gasteiger partial charge in [-0.3, -0.25) is 0 Å². The van der Waals surface area contributed by atoms with Crippen molar-refractivity contribution in [3.05, 3.63) is 30.3 Å². The summed E-state index contributed by atoms with van der Waals surface area (Å²) in [4.78, 5) is 0. The third-order valence-corrected chi connectivity index (χ3v) is 1.43. The van der Waals surface area contributed by atoms with Crippen LogP contribution < -0.4 is 4.74 Å². The monoisotopic (exact) mass is 212 g/mol. The summed E-state index contributed by atoms with van der Waals surface area (Å²) in [6.07, 6.45) is 0. The number of rotatable bonds is 4. The summed E-state index contributed by atoms with van der Waals surface area (Å²) in [7, 11) is 0. The van der Waals surface area contributed by atoms with Crippen LogP contribution in [-0.4, -0.2) is 30.0 Å². The van der Waals surface area contributed by atoms with Gasteiger partial charge in [0, 0.05) is 0 Å². The van der Waals surface area contributed by atoms with E-state index in [2.05, 4.69) is 13.8 Å². The molecule has 0 spiro atoms. The third kappa shape index (κ3) is 9.25. The Morgan fingerprint density at radius 1 is 1.07 bits per heavy atom. The first-order valence-electron chi connectivity index (χ1n) is 5.10. The summed E-state index contributed by atoms with van der Waals surface area (Å²) in [5.74, 6) is 1.55. The van der Waals surface area contributed by atoms with Gasteiger partial charge in [-0.15, -0.1) is 0 Å². The summed E-state index contributed by atoms with van der Waals surface area (Å²) >= 11 is 0. The molecule has 3 heteroatoms. The average Bonchev–Trinajstić information content (AvgIpc) is 2.28. The molecule has 0 unspecified atom stereocenters. The molecule has 0 bridgehead atoms. The van der Waals surface area contributed by atoms with Gasteiger partial charge < -0.3 is 14.9 Å². The highest BCUT2D eigenvalue weighted by Crippen LogP contribution is 2.09. The van der Waals surface area contributed by atoms with Crippen molar-refractivity contribution in [1.82, 2.24) is 0 Å². The molecule has 86 valence electrons. The van der Waals surface area contributed by atoms with E-state index in [1.807, 2.05) is 30.3 Å². The molecule has 2 N–H and O–H groups in total. The minimum absolute atomic E-state index is 0.125. The Balaban J connectivity index is 0.000000423. The van der Waals surface area contributed by atoms with Crippen molar-refractivity contribution in [1.29, 1.82) is 0 Å². The SMILES string of the molecule is CC(C)COc1ccccc1.OCCO. The fourth-order valence-corrected chi connectivity index (χ4v) is 0.780. The molecule has 0 atom stereocenters. The first kappa shape index (κ1) is 13.9. The lowest BCUT2D eigenvalue weighted by molar-refractivity contribution is 0.186. The normalized spacial score (nSPS) is 9.40. The predicted octanol–water partition coefficient (Wildman–Crippen LogP) is 1.69. The molecule has 0 saturated heterocycles. The van der Waals surface area contributed by atoms with Gasteiger partial charge in [-0.05, 0) is 18.1 Å². The Morgan fingerprint density at radius 2 is 1.60 bits per heavy atom. The second-order valence-electron chi connectivity index (χ2n) is 3.47. The van der Waals surface area contributed by atoms with Gasteiger partial charge in [-0.25, -0.2) is 0 Å². The molecule has 0 aromatic heterocycles. The summed E-state index contributed by atoms with van der Waals surface area (Å²) in [6.45, 7) is 4.83. The summed E-state index contributed by atoms with van der Waals surface area (Å²) in [5, 5.41) is 15.2. The van der Waals surface area contributed by atoms with Crippen molar-refractivity contribution in [2.75, 3.05) is 19.8 Å². The van der Waals surface area contributed by atoms with Crippen molar-refractivity contribution >= 4 is 0 Å². The minimum atomic E-state index is -0.125. The molecule has 0 aliphatic heterocycles. The van der Waals surface area contributed by atoms with Gasteiger partial charge in [0.2, 0.25) is 0 Å². The van der Waals surface area contributed by atoms with E-state index in [9.17, 15) is 0 Å². The molecule has 1 aromatic rings. The van der Waals surface area contributed by atoms with Crippen molar-refractivity contribution in [2.24, 2.45) is 5.92 Å². The third-order valence-electron chi connectivity index (χ3n) is 1.43. The lowest BCUT2D eigenvalue weighted by Gasteiger charge is -2.07. The Hall–Kier alpha value is -1.06. The molecule has 0 aliphatic carbocycles. The van der Waals surface area contributed by atoms with Crippen LogP contribution in [0.4, 0.5) is 0 Å². The molecule has 1 rings (SSSR count). The number of ether oxygens (including phenoxy) is 1. The predicted molar refractivity (Wildman–Crippen MR) is 60.9 cm³/mol. The fourth-order valence-electron chi connectivity index (χ4n) is 0.780. The maximum atomic E-state index is 7.62. The zero-order chi connectivity index (χ0) is 11.5. The Bertz CT molecular complexity index is 220. The number of aliphatic hydroxyl groups is 2. The largest absolute Gasteiger partial charge is 0.493 e. The topological polar surface area (TPSA) is 49.7 Å². The van der Waals surface area contributed by atoms with Crippen molar-refractivity contribution < 1.29 is 14.9 Å². The van der Waals surface area contributed by atoms with Gasteiger partial charge in [0.1, 0.15) is 5.75 Å². The lowest BCUT2D eigenvalue weighted by atomic mass is 10.2. The van der Waals surface area contributed by atoms with Gasteiger partial charge in [-0.2, -0.15) is 0 Å². The van der Waals surface area contributed by atoms with Gasteiger partial charge in [-0.1, -0.05) is 32.0 Å². The molecule has 0 aliphatic rings. The van der Waals surface area contributed by atoms with Gasteiger partial charge in [0.05, 0.1) is 19.8 Å². The molecular weight excluding hydrogens is 192 g/mol. The summed E-state index contributed by atoms with van der Waals surface area (Å²) in [6, 6.07) is 9.90. The van der Waals surface area contributed by atoms with E-state index in [0.717, 1.165) is 12.4 Å². The first-order chi connectivity index (χ1) is 7.20. The first-order valence-corrected chi connectivity index (χ1v) is 5.10.